The van der Waals surface area contributed by atoms with Crippen LogP contribution in [0.15, 0.2) is 0 Å². The van der Waals surface area contributed by atoms with Crippen LogP contribution >= 0.6 is 11.3 Å². The number of nitrogens with zero attached hydrogens (tertiary/aromatic N) is 4. The van der Waals surface area contributed by atoms with E-state index in [0.717, 1.165) is 31.2 Å². The first-order chi connectivity index (χ1) is 10.5. The van der Waals surface area contributed by atoms with Crippen molar-refractivity contribution in [3.63, 3.8) is 0 Å². The number of hydrogen-bond donors (Lipinski definition) is 3. The zero-order valence-electron chi connectivity index (χ0n) is 12.7. The maximum absolute atomic E-state index is 12.1. The summed E-state index contributed by atoms with van der Waals surface area (Å²) in [4.78, 5) is 24.9. The maximum Gasteiger partial charge on any atom is 0.290 e. The molecule has 2 rings (SSSR count). The highest BCUT2D eigenvalue weighted by Crippen LogP contribution is 2.10. The zero-order chi connectivity index (χ0) is 16.5. The van der Waals surface area contributed by atoms with Gasteiger partial charge in [0.15, 0.2) is 0 Å². The van der Waals surface area contributed by atoms with Crippen LogP contribution in [0.1, 0.15) is 11.9 Å². The van der Waals surface area contributed by atoms with Crippen LogP contribution in [-0.4, -0.2) is 76.8 Å². The Balaban J connectivity index is 0.000000745. The molecule has 0 spiro atoms. The van der Waals surface area contributed by atoms with E-state index in [1.807, 2.05) is 6.92 Å². The van der Waals surface area contributed by atoms with Crippen LogP contribution in [0.4, 0.5) is 5.13 Å². The first-order valence-corrected chi connectivity index (χ1v) is 7.65. The summed E-state index contributed by atoms with van der Waals surface area (Å²) in [7, 11) is 2.10. The monoisotopic (exact) mass is 330 g/mol. The molecule has 22 heavy (non-hydrogen) atoms. The fourth-order valence-corrected chi connectivity index (χ4v) is 2.57. The number of carboxylic acid groups (broad SMARTS) is 1. The van der Waals surface area contributed by atoms with E-state index >= 15 is 0 Å². The second-order valence-corrected chi connectivity index (χ2v) is 5.97. The van der Waals surface area contributed by atoms with E-state index in [1.54, 1.807) is 0 Å². The number of aromatic nitrogens is 2. The third-order valence-electron chi connectivity index (χ3n) is 3.36. The molecule has 1 aromatic heterocycles. The number of amides is 1. The Labute approximate surface area is 133 Å². The molecule has 9 nitrogen and oxygen atoms in total. The Morgan fingerprint density at radius 1 is 1.45 bits per heavy atom. The molecule has 0 radical (unpaired) electrons. The second-order valence-electron chi connectivity index (χ2n) is 4.87. The molecule has 1 unspecified atom stereocenters. The fraction of sp³-hybridized carbons (Fsp3) is 0.667. The normalized spacial score (nSPS) is 17.2. The summed E-state index contributed by atoms with van der Waals surface area (Å²) < 4.78 is 0. The molecule has 0 bridgehead atoms. The molecule has 1 aliphatic rings. The molecule has 124 valence electrons. The Hall–Kier alpha value is -1.78. The molecule has 1 atom stereocenters. The van der Waals surface area contributed by atoms with Crippen LogP contribution in [0.5, 0.6) is 0 Å². The van der Waals surface area contributed by atoms with E-state index < -0.39 is 0 Å². The molecule has 2 heterocycles. The van der Waals surface area contributed by atoms with E-state index in [4.69, 9.17) is 15.6 Å². The second kappa shape index (κ2) is 9.28. The van der Waals surface area contributed by atoms with Gasteiger partial charge in [0.05, 0.1) is 12.6 Å². The topological polar surface area (TPSA) is 125 Å². The van der Waals surface area contributed by atoms with Crippen molar-refractivity contribution >= 4 is 28.8 Å². The van der Waals surface area contributed by atoms with Crippen molar-refractivity contribution in [1.82, 2.24) is 25.3 Å². The summed E-state index contributed by atoms with van der Waals surface area (Å²) in [6, 6.07) is -0.112. The summed E-state index contributed by atoms with van der Waals surface area (Å²) in [5.74, 6) is 0.0262. The first-order valence-electron chi connectivity index (χ1n) is 6.84. The number of piperazine rings is 1. The van der Waals surface area contributed by atoms with Crippen molar-refractivity contribution in [2.75, 3.05) is 39.0 Å². The van der Waals surface area contributed by atoms with Gasteiger partial charge in [-0.05, 0) is 14.0 Å². The molecule has 1 amide bonds. The average molecular weight is 330 g/mol. The summed E-state index contributed by atoms with van der Waals surface area (Å²) in [5, 5.41) is 18.5. The van der Waals surface area contributed by atoms with Crippen molar-refractivity contribution in [1.29, 1.82) is 0 Å². The number of anilines is 1. The lowest BCUT2D eigenvalue weighted by Gasteiger charge is -2.35. The van der Waals surface area contributed by atoms with Gasteiger partial charge in [-0.3, -0.25) is 14.5 Å². The van der Waals surface area contributed by atoms with E-state index in [2.05, 4.69) is 32.4 Å². The van der Waals surface area contributed by atoms with E-state index in [1.165, 1.54) is 11.3 Å². The summed E-state index contributed by atoms with van der Waals surface area (Å²) in [5.41, 5.74) is 5.49. The van der Waals surface area contributed by atoms with Gasteiger partial charge in [-0.25, -0.2) is 0 Å². The molecule has 0 saturated carbocycles. The van der Waals surface area contributed by atoms with Gasteiger partial charge >= 0.3 is 0 Å². The summed E-state index contributed by atoms with van der Waals surface area (Å²) >= 11 is 1.30. The number of likely N-dealkylation sites (N-methyl/N-ethyl adjacent to an activating group) is 1. The Morgan fingerprint density at radius 3 is 2.55 bits per heavy atom. The van der Waals surface area contributed by atoms with Gasteiger partial charge in [0.25, 0.3) is 6.47 Å². The molecule has 1 aromatic rings. The minimum atomic E-state index is -0.250. The van der Waals surface area contributed by atoms with Gasteiger partial charge in [-0.15, -0.1) is 10.2 Å². The predicted octanol–water partition coefficient (Wildman–Crippen LogP) is -0.927. The average Bonchev–Trinajstić information content (AvgIpc) is 2.91. The SMILES string of the molecule is CC(C(=O)NCc1nnc(N)s1)N1CCN(C)CC1.O=CO. The van der Waals surface area contributed by atoms with Crippen molar-refractivity contribution in [3.05, 3.63) is 5.01 Å². The van der Waals surface area contributed by atoms with Gasteiger partial charge < -0.3 is 21.1 Å². The molecule has 1 fully saturated rings. The number of nitrogen functional groups attached to an aromatic ring is 1. The highest BCUT2D eigenvalue weighted by atomic mass is 32.1. The lowest BCUT2D eigenvalue weighted by Crippen LogP contribution is -2.52. The van der Waals surface area contributed by atoms with E-state index in [9.17, 15) is 4.79 Å². The lowest BCUT2D eigenvalue weighted by molar-refractivity contribution is -0.126. The van der Waals surface area contributed by atoms with Gasteiger partial charge in [0.2, 0.25) is 11.0 Å². The highest BCUT2D eigenvalue weighted by Gasteiger charge is 2.24. The highest BCUT2D eigenvalue weighted by molar-refractivity contribution is 7.15. The van der Waals surface area contributed by atoms with Crippen molar-refractivity contribution in [2.24, 2.45) is 0 Å². The first kappa shape index (κ1) is 18.3. The van der Waals surface area contributed by atoms with Crippen molar-refractivity contribution < 1.29 is 14.7 Å². The van der Waals surface area contributed by atoms with Crippen LogP contribution in [0.3, 0.4) is 0 Å². The molecule has 0 aliphatic carbocycles. The Bertz CT molecular complexity index is 475. The molecule has 1 aliphatic heterocycles. The number of rotatable bonds is 4. The maximum atomic E-state index is 12.1. The third kappa shape index (κ3) is 5.92. The fourth-order valence-electron chi connectivity index (χ4n) is 2.02. The van der Waals surface area contributed by atoms with Crippen LogP contribution in [0.25, 0.3) is 0 Å². The largest absolute Gasteiger partial charge is 0.483 e. The van der Waals surface area contributed by atoms with Crippen LogP contribution < -0.4 is 11.1 Å². The number of nitrogens with two attached hydrogens (primary N) is 1. The number of hydrogen-bond acceptors (Lipinski definition) is 8. The Kier molecular flexibility index (Phi) is 7.71. The van der Waals surface area contributed by atoms with Gasteiger partial charge in [-0.1, -0.05) is 11.3 Å². The molecular formula is C12H22N6O3S. The molecule has 4 N–H and O–H groups in total. The molecule has 10 heteroatoms. The van der Waals surface area contributed by atoms with E-state index in [-0.39, 0.29) is 18.4 Å². The summed E-state index contributed by atoms with van der Waals surface area (Å²) in [6.45, 7) is 5.95. The van der Waals surface area contributed by atoms with Crippen LogP contribution in [0.2, 0.25) is 0 Å². The van der Waals surface area contributed by atoms with E-state index in [0.29, 0.717) is 11.7 Å². The number of carbonyl (C=O) groups excluding carboxylic acids is 1. The van der Waals surface area contributed by atoms with Crippen LogP contribution in [-0.2, 0) is 16.1 Å². The number of carbonyl (C=O) groups is 2. The zero-order valence-corrected chi connectivity index (χ0v) is 13.5. The predicted molar refractivity (Wildman–Crippen MR) is 83.4 cm³/mol. The molecule has 0 aromatic carbocycles. The van der Waals surface area contributed by atoms with Crippen LogP contribution in [0, 0.1) is 0 Å². The standard InChI is InChI=1S/C11H20N6OS.CH2O2/c1-8(17-5-3-16(2)4-6-17)10(18)13-7-9-14-15-11(12)19-9;2-1-3/h8H,3-7H2,1-2H3,(H2,12,15)(H,13,18);1H,(H,2,3). The molecule has 1 saturated heterocycles. The number of nitrogens with one attached hydrogen (secondary N) is 1. The van der Waals surface area contributed by atoms with Crippen molar-refractivity contribution in [3.8, 4) is 0 Å². The van der Waals surface area contributed by atoms with Gasteiger partial charge in [-0.2, -0.15) is 0 Å². The Morgan fingerprint density at radius 2 is 2.05 bits per heavy atom. The minimum absolute atomic E-state index is 0.0262. The smallest absolute Gasteiger partial charge is 0.290 e. The van der Waals surface area contributed by atoms with Gasteiger partial charge in [0, 0.05) is 26.2 Å². The van der Waals surface area contributed by atoms with Gasteiger partial charge in [0.1, 0.15) is 5.01 Å². The lowest BCUT2D eigenvalue weighted by atomic mass is 10.2. The molecular weight excluding hydrogens is 308 g/mol. The minimum Gasteiger partial charge on any atom is -0.483 e. The quantitative estimate of drug-likeness (QED) is 0.605. The summed E-state index contributed by atoms with van der Waals surface area (Å²) in [6.07, 6.45) is 0. The van der Waals surface area contributed by atoms with Crippen molar-refractivity contribution in [2.45, 2.75) is 19.5 Å². The third-order valence-corrected chi connectivity index (χ3v) is 4.11.